The van der Waals surface area contributed by atoms with Crippen LogP contribution in [0.1, 0.15) is 0 Å². The summed E-state index contributed by atoms with van der Waals surface area (Å²) in [5.41, 5.74) is 7.79. The van der Waals surface area contributed by atoms with Crippen LogP contribution in [0.15, 0.2) is 131 Å². The largest absolute Gasteiger partial charge is 0.192 e. The van der Waals surface area contributed by atoms with Gasteiger partial charge in [0.2, 0.25) is 0 Å². The monoisotopic (exact) mass is 514 g/mol. The number of benzene rings is 6. The van der Waals surface area contributed by atoms with E-state index in [-0.39, 0.29) is 0 Å². The Morgan fingerprint density at radius 1 is 0.564 bits per heavy atom. The van der Waals surface area contributed by atoms with E-state index in [1.807, 2.05) is 6.07 Å². The molecule has 0 aliphatic carbocycles. The van der Waals surface area contributed by atoms with E-state index in [1.54, 1.807) is 0 Å². The molecule has 1 aliphatic heterocycles. The van der Waals surface area contributed by atoms with Crippen molar-refractivity contribution >= 4 is 42.3 Å². The van der Waals surface area contributed by atoms with Gasteiger partial charge in [-0.1, -0.05) is 109 Å². The summed E-state index contributed by atoms with van der Waals surface area (Å²) in [6.45, 7) is 0. The average Bonchev–Trinajstić information content (AvgIpc) is 3.21. The molecule has 1 heterocycles. The predicted molar refractivity (Wildman–Crippen MR) is 169 cm³/mol. The molecule has 1 aliphatic rings. The molecule has 0 atom stereocenters. The number of hydrogen-bond donors (Lipinski definition) is 0. The first-order valence-electron chi connectivity index (χ1n) is 13.3. The van der Waals surface area contributed by atoms with Gasteiger partial charge in [0, 0.05) is 26.1 Å². The van der Waals surface area contributed by atoms with Gasteiger partial charge in [-0.2, -0.15) is 10.0 Å². The van der Waals surface area contributed by atoms with Crippen molar-refractivity contribution in [3.8, 4) is 33.4 Å². The molecule has 7 aromatic carbocycles. The topological polar surface area (TPSA) is 0 Å². The van der Waals surface area contributed by atoms with Gasteiger partial charge in [0.1, 0.15) is 0 Å². The van der Waals surface area contributed by atoms with Gasteiger partial charge in [-0.25, -0.2) is 0 Å². The lowest BCUT2D eigenvalue weighted by Gasteiger charge is -2.31. The van der Waals surface area contributed by atoms with Crippen molar-refractivity contribution in [3.63, 3.8) is 0 Å². The van der Waals surface area contributed by atoms with Crippen LogP contribution in [0, 0.1) is 12.1 Å². The van der Waals surface area contributed by atoms with E-state index in [1.165, 1.54) is 70.1 Å². The fourth-order valence-corrected chi connectivity index (χ4v) is 9.43. The Kier molecular flexibility index (Phi) is 4.75. The molecule has 1 heteroatoms. The molecule has 0 bridgehead atoms. The summed E-state index contributed by atoms with van der Waals surface area (Å²) in [4.78, 5) is 2.98. The third-order valence-corrected chi connectivity index (χ3v) is 11.2. The van der Waals surface area contributed by atoms with E-state index in [4.69, 9.17) is 0 Å². The van der Waals surface area contributed by atoms with Crippen molar-refractivity contribution in [2.75, 3.05) is 12.5 Å². The minimum atomic E-state index is -1.30. The summed E-state index contributed by atoms with van der Waals surface area (Å²) in [6.07, 6.45) is 4.97. The molecule has 0 spiro atoms. The Balaban J connectivity index is 1.61. The molecule has 8 rings (SSSR count). The van der Waals surface area contributed by atoms with Crippen molar-refractivity contribution in [1.29, 1.82) is 0 Å². The quantitative estimate of drug-likeness (QED) is 0.215. The maximum Gasteiger partial charge on any atom is 0.0412 e. The Labute approximate surface area is 230 Å². The standard InChI is InChI=1S/C38H26S/c1-39(2)34-24-28-18-10-9-17-27(28)23-33(34)31-21-22-32-35(25-13-5-3-6-14-25)29-19-11-12-20-30(29)36(37(32)38(31)39)26-15-7-4-8-16-26/h3-10,12-18,20-24H,1-2H3. The molecule has 0 radical (unpaired) electrons. The third kappa shape index (κ3) is 3.16. The molecule has 0 aromatic heterocycles. The van der Waals surface area contributed by atoms with Gasteiger partial charge in [0.25, 0.3) is 0 Å². The molecule has 184 valence electrons. The van der Waals surface area contributed by atoms with E-state index in [0.29, 0.717) is 0 Å². The van der Waals surface area contributed by atoms with Crippen molar-refractivity contribution < 1.29 is 0 Å². The second kappa shape index (κ2) is 8.24. The van der Waals surface area contributed by atoms with Crippen LogP contribution in [0.2, 0.25) is 0 Å². The minimum Gasteiger partial charge on any atom is -0.192 e. The van der Waals surface area contributed by atoms with Gasteiger partial charge in [0.15, 0.2) is 0 Å². The van der Waals surface area contributed by atoms with Crippen LogP contribution in [0.25, 0.3) is 65.7 Å². The lowest BCUT2D eigenvalue weighted by atomic mass is 9.85. The van der Waals surface area contributed by atoms with Crippen LogP contribution in [-0.4, -0.2) is 12.5 Å². The van der Waals surface area contributed by atoms with Gasteiger partial charge < -0.3 is 0 Å². The number of rotatable bonds is 2. The zero-order valence-corrected chi connectivity index (χ0v) is 22.8. The SMILES string of the molecule is CS1(C)c2cc3ccccc3cc2-c2ccc3c(-c4ccccc4)c4c#cccc4c(-c4ccccc4)c3c21. The molecule has 0 amide bonds. The van der Waals surface area contributed by atoms with Crippen molar-refractivity contribution in [2.45, 2.75) is 9.79 Å². The van der Waals surface area contributed by atoms with E-state index < -0.39 is 10.0 Å². The van der Waals surface area contributed by atoms with Gasteiger partial charge in [0.05, 0.1) is 0 Å². The predicted octanol–water partition coefficient (Wildman–Crippen LogP) is 10.5. The fraction of sp³-hybridized carbons (Fsp3) is 0.0526. The first-order valence-corrected chi connectivity index (χ1v) is 15.8. The molecular weight excluding hydrogens is 488 g/mol. The lowest BCUT2D eigenvalue weighted by molar-refractivity contribution is 1.50. The van der Waals surface area contributed by atoms with E-state index in [9.17, 15) is 0 Å². The summed E-state index contributed by atoms with van der Waals surface area (Å²) in [5.74, 6) is 0. The van der Waals surface area contributed by atoms with E-state index in [2.05, 4.69) is 140 Å². The highest BCUT2D eigenvalue weighted by atomic mass is 32.3. The molecule has 0 unspecified atom stereocenters. The second-order valence-corrected chi connectivity index (χ2v) is 14.3. The van der Waals surface area contributed by atoms with Crippen LogP contribution in [0.5, 0.6) is 0 Å². The normalized spacial score (nSPS) is 14.2. The summed E-state index contributed by atoms with van der Waals surface area (Å²) in [7, 11) is -1.30. The summed E-state index contributed by atoms with van der Waals surface area (Å²) >= 11 is 0. The van der Waals surface area contributed by atoms with Crippen LogP contribution < -0.4 is 0 Å². The van der Waals surface area contributed by atoms with Crippen LogP contribution in [0.4, 0.5) is 0 Å². The molecule has 39 heavy (non-hydrogen) atoms. The molecule has 0 saturated heterocycles. The molecular formula is C38H26S. The van der Waals surface area contributed by atoms with Gasteiger partial charge in [-0.15, -0.1) is 0 Å². The van der Waals surface area contributed by atoms with Gasteiger partial charge in [-0.05, 0) is 86.1 Å². The molecule has 0 nitrogen and oxygen atoms in total. The van der Waals surface area contributed by atoms with Crippen LogP contribution in [0.3, 0.4) is 0 Å². The summed E-state index contributed by atoms with van der Waals surface area (Å²) in [6, 6.07) is 51.2. The highest BCUT2D eigenvalue weighted by Crippen LogP contribution is 2.70. The summed E-state index contributed by atoms with van der Waals surface area (Å²) < 4.78 is 0. The highest BCUT2D eigenvalue weighted by Gasteiger charge is 2.35. The number of fused-ring (bicyclic) bond motifs is 7. The van der Waals surface area contributed by atoms with Crippen LogP contribution in [-0.2, 0) is 0 Å². The lowest BCUT2D eigenvalue weighted by Crippen LogP contribution is -1.98. The number of hydrogen-bond acceptors (Lipinski definition) is 0. The molecule has 0 N–H and O–H groups in total. The Bertz CT molecular complexity index is 2070. The Hall–Kier alpha value is -4.51. The van der Waals surface area contributed by atoms with Crippen LogP contribution >= 0.6 is 10.0 Å². The molecule has 0 fully saturated rings. The second-order valence-electron chi connectivity index (χ2n) is 10.8. The van der Waals surface area contributed by atoms with Crippen molar-refractivity contribution in [3.05, 3.63) is 133 Å². The minimum absolute atomic E-state index is 1.13. The first kappa shape index (κ1) is 22.5. The van der Waals surface area contributed by atoms with Gasteiger partial charge >= 0.3 is 0 Å². The Morgan fingerprint density at radius 3 is 1.92 bits per heavy atom. The highest BCUT2D eigenvalue weighted by molar-refractivity contribution is 8.33. The van der Waals surface area contributed by atoms with Crippen molar-refractivity contribution in [2.24, 2.45) is 0 Å². The maximum absolute atomic E-state index is 3.53. The van der Waals surface area contributed by atoms with Crippen molar-refractivity contribution in [1.82, 2.24) is 0 Å². The maximum atomic E-state index is 3.53. The summed E-state index contributed by atoms with van der Waals surface area (Å²) in [5, 5.41) is 7.65. The smallest absolute Gasteiger partial charge is 0.0412 e. The third-order valence-electron chi connectivity index (χ3n) is 8.32. The molecule has 7 aromatic rings. The van der Waals surface area contributed by atoms with E-state index >= 15 is 0 Å². The Morgan fingerprint density at radius 2 is 1.21 bits per heavy atom. The molecule has 0 saturated carbocycles. The average molecular weight is 515 g/mol. The zero-order chi connectivity index (χ0) is 26.1. The zero-order valence-electron chi connectivity index (χ0n) is 22.0. The first-order chi connectivity index (χ1) is 19.1. The van der Waals surface area contributed by atoms with E-state index in [0.717, 1.165) is 5.39 Å². The fourth-order valence-electron chi connectivity index (χ4n) is 6.62. The van der Waals surface area contributed by atoms with Gasteiger partial charge in [-0.3, -0.25) is 0 Å².